The van der Waals surface area contributed by atoms with Crippen molar-refractivity contribution in [3.05, 3.63) is 11.9 Å². The van der Waals surface area contributed by atoms with Crippen molar-refractivity contribution in [3.8, 4) is 0 Å². The number of aromatic nitrogens is 2. The molecule has 0 amide bonds. The van der Waals surface area contributed by atoms with Crippen LogP contribution in [0.25, 0.3) is 0 Å². The molecule has 120 valence electrons. The Labute approximate surface area is 129 Å². The van der Waals surface area contributed by atoms with Crippen LogP contribution in [0, 0.1) is 5.92 Å². The van der Waals surface area contributed by atoms with Crippen LogP contribution in [-0.2, 0) is 11.3 Å². The van der Waals surface area contributed by atoms with Gasteiger partial charge in [-0.15, -0.1) is 0 Å². The van der Waals surface area contributed by atoms with Crippen molar-refractivity contribution < 1.29 is 4.74 Å². The zero-order valence-electron chi connectivity index (χ0n) is 14.3. The van der Waals surface area contributed by atoms with Crippen LogP contribution < -0.4 is 10.2 Å². The van der Waals surface area contributed by atoms with Crippen LogP contribution in [0.1, 0.15) is 46.9 Å². The van der Waals surface area contributed by atoms with Gasteiger partial charge in [-0.1, -0.05) is 13.8 Å². The lowest BCUT2D eigenvalue weighted by molar-refractivity contribution is 0.128. The van der Waals surface area contributed by atoms with Gasteiger partial charge in [0.2, 0.25) is 0 Å². The molecule has 1 heterocycles. The van der Waals surface area contributed by atoms with Gasteiger partial charge in [0.1, 0.15) is 18.2 Å². The molecule has 1 atom stereocenters. The standard InChI is InChI=1S/C16H30N4O/c1-7-17-14-10-16(19-15(18-14)11-21-8-2)20(6)13(5)9-12(3)4/h10,12-13H,7-9,11H2,1-6H3,(H,17,18,19). The minimum Gasteiger partial charge on any atom is -0.374 e. The molecular weight excluding hydrogens is 264 g/mol. The van der Waals surface area contributed by atoms with Gasteiger partial charge in [0, 0.05) is 32.3 Å². The molecule has 0 bridgehead atoms. The van der Waals surface area contributed by atoms with Crippen molar-refractivity contribution in [1.82, 2.24) is 9.97 Å². The first kappa shape index (κ1) is 17.7. The Balaban J connectivity index is 2.94. The summed E-state index contributed by atoms with van der Waals surface area (Å²) in [6.07, 6.45) is 1.14. The molecule has 1 aromatic rings. The first-order valence-electron chi connectivity index (χ1n) is 7.90. The van der Waals surface area contributed by atoms with Gasteiger partial charge in [-0.3, -0.25) is 0 Å². The Hall–Kier alpha value is -1.36. The first-order chi connectivity index (χ1) is 9.97. The van der Waals surface area contributed by atoms with E-state index in [0.717, 1.165) is 30.4 Å². The van der Waals surface area contributed by atoms with Crippen molar-refractivity contribution in [2.75, 3.05) is 30.4 Å². The smallest absolute Gasteiger partial charge is 0.158 e. The van der Waals surface area contributed by atoms with Crippen molar-refractivity contribution in [2.24, 2.45) is 5.92 Å². The SMILES string of the molecule is CCNc1cc(N(C)C(C)CC(C)C)nc(COCC)n1. The van der Waals surface area contributed by atoms with E-state index in [1.54, 1.807) is 0 Å². The molecule has 0 aromatic carbocycles. The summed E-state index contributed by atoms with van der Waals surface area (Å²) in [5.41, 5.74) is 0. The Morgan fingerprint density at radius 2 is 1.95 bits per heavy atom. The Kier molecular flexibility index (Phi) is 7.43. The van der Waals surface area contributed by atoms with Crippen LogP contribution in [-0.4, -0.2) is 36.2 Å². The maximum atomic E-state index is 5.44. The van der Waals surface area contributed by atoms with E-state index in [4.69, 9.17) is 4.74 Å². The molecule has 5 heteroatoms. The molecule has 0 fully saturated rings. The maximum absolute atomic E-state index is 5.44. The van der Waals surface area contributed by atoms with Crippen molar-refractivity contribution >= 4 is 11.6 Å². The molecule has 21 heavy (non-hydrogen) atoms. The number of ether oxygens (including phenoxy) is 1. The largest absolute Gasteiger partial charge is 0.374 e. The normalized spacial score (nSPS) is 12.5. The zero-order valence-corrected chi connectivity index (χ0v) is 14.3. The number of nitrogens with zero attached hydrogens (tertiary/aromatic N) is 3. The number of anilines is 2. The minimum atomic E-state index is 0.439. The van der Waals surface area contributed by atoms with Gasteiger partial charge in [0.05, 0.1) is 0 Å². The summed E-state index contributed by atoms with van der Waals surface area (Å²) < 4.78 is 5.44. The second-order valence-corrected chi connectivity index (χ2v) is 5.78. The van der Waals surface area contributed by atoms with Crippen LogP contribution in [0.15, 0.2) is 6.07 Å². The molecule has 0 saturated carbocycles. The third-order valence-corrected chi connectivity index (χ3v) is 3.39. The highest BCUT2D eigenvalue weighted by atomic mass is 16.5. The molecule has 0 saturated heterocycles. The number of rotatable bonds is 9. The van der Waals surface area contributed by atoms with Gasteiger partial charge in [-0.2, -0.15) is 0 Å². The van der Waals surface area contributed by atoms with Crippen molar-refractivity contribution in [3.63, 3.8) is 0 Å². The van der Waals surface area contributed by atoms with Gasteiger partial charge < -0.3 is 15.0 Å². The lowest BCUT2D eigenvalue weighted by atomic mass is 10.0. The highest BCUT2D eigenvalue weighted by Crippen LogP contribution is 2.20. The Morgan fingerprint density at radius 3 is 2.52 bits per heavy atom. The maximum Gasteiger partial charge on any atom is 0.158 e. The second kappa shape index (κ2) is 8.82. The van der Waals surface area contributed by atoms with E-state index in [2.05, 4.69) is 54.9 Å². The molecule has 0 aliphatic rings. The van der Waals surface area contributed by atoms with Crippen molar-refractivity contribution in [1.29, 1.82) is 0 Å². The van der Waals surface area contributed by atoms with Gasteiger partial charge >= 0.3 is 0 Å². The zero-order chi connectivity index (χ0) is 15.8. The van der Waals surface area contributed by atoms with Gasteiger partial charge in [-0.05, 0) is 33.1 Å². The summed E-state index contributed by atoms with van der Waals surface area (Å²) in [6.45, 7) is 12.7. The fraction of sp³-hybridized carbons (Fsp3) is 0.750. The van der Waals surface area contributed by atoms with Gasteiger partial charge in [0.25, 0.3) is 0 Å². The molecule has 0 aliphatic heterocycles. The van der Waals surface area contributed by atoms with E-state index < -0.39 is 0 Å². The Morgan fingerprint density at radius 1 is 1.24 bits per heavy atom. The van der Waals surface area contributed by atoms with Gasteiger partial charge in [-0.25, -0.2) is 9.97 Å². The summed E-state index contributed by atoms with van der Waals surface area (Å²) in [6, 6.07) is 2.45. The molecule has 5 nitrogen and oxygen atoms in total. The van der Waals surface area contributed by atoms with Crippen LogP contribution in [0.4, 0.5) is 11.6 Å². The highest BCUT2D eigenvalue weighted by molar-refractivity contribution is 5.49. The number of hydrogen-bond acceptors (Lipinski definition) is 5. The van der Waals surface area contributed by atoms with Crippen molar-refractivity contribution in [2.45, 2.75) is 53.7 Å². The summed E-state index contributed by atoms with van der Waals surface area (Å²) in [5.74, 6) is 3.21. The molecular formula is C16H30N4O. The first-order valence-corrected chi connectivity index (χ1v) is 7.90. The van der Waals surface area contributed by atoms with Gasteiger partial charge in [0.15, 0.2) is 5.82 Å². The average Bonchev–Trinajstić information content (AvgIpc) is 2.43. The second-order valence-electron chi connectivity index (χ2n) is 5.78. The fourth-order valence-corrected chi connectivity index (χ4v) is 2.26. The van der Waals surface area contributed by atoms with Crippen LogP contribution >= 0.6 is 0 Å². The summed E-state index contributed by atoms with van der Waals surface area (Å²) in [4.78, 5) is 11.3. The topological polar surface area (TPSA) is 50.3 Å². The highest BCUT2D eigenvalue weighted by Gasteiger charge is 2.15. The summed E-state index contributed by atoms with van der Waals surface area (Å²) >= 11 is 0. The molecule has 0 radical (unpaired) electrons. The predicted molar refractivity (Wildman–Crippen MR) is 88.8 cm³/mol. The van der Waals surface area contributed by atoms with Crippen LogP contribution in [0.3, 0.4) is 0 Å². The van der Waals surface area contributed by atoms with E-state index in [-0.39, 0.29) is 0 Å². The third-order valence-electron chi connectivity index (χ3n) is 3.39. The van der Waals surface area contributed by atoms with Crippen LogP contribution in [0.5, 0.6) is 0 Å². The van der Waals surface area contributed by atoms with Crippen LogP contribution in [0.2, 0.25) is 0 Å². The monoisotopic (exact) mass is 294 g/mol. The molecule has 1 N–H and O–H groups in total. The molecule has 1 aromatic heterocycles. The summed E-state index contributed by atoms with van der Waals surface area (Å²) in [7, 11) is 2.09. The fourth-order valence-electron chi connectivity index (χ4n) is 2.26. The van der Waals surface area contributed by atoms with E-state index in [1.807, 2.05) is 13.0 Å². The minimum absolute atomic E-state index is 0.439. The molecule has 0 aliphatic carbocycles. The van der Waals surface area contributed by atoms with E-state index in [0.29, 0.717) is 25.2 Å². The number of nitrogens with one attached hydrogen (secondary N) is 1. The van der Waals surface area contributed by atoms with E-state index in [9.17, 15) is 0 Å². The Bertz CT molecular complexity index is 423. The van der Waals surface area contributed by atoms with E-state index in [1.165, 1.54) is 0 Å². The molecule has 1 rings (SSSR count). The quantitative estimate of drug-likeness (QED) is 0.757. The lowest BCUT2D eigenvalue weighted by Gasteiger charge is -2.28. The molecule has 0 spiro atoms. The third kappa shape index (κ3) is 5.87. The van der Waals surface area contributed by atoms with E-state index >= 15 is 0 Å². The number of hydrogen-bond donors (Lipinski definition) is 1. The molecule has 1 unspecified atom stereocenters. The predicted octanol–water partition coefficient (Wildman–Crippen LogP) is 3.32. The lowest BCUT2D eigenvalue weighted by Crippen LogP contribution is -2.31. The average molecular weight is 294 g/mol. The summed E-state index contributed by atoms with van der Waals surface area (Å²) in [5, 5.41) is 3.27.